The molecule has 0 aliphatic carbocycles. The first-order valence-electron chi connectivity index (χ1n) is 4.78. The molecule has 2 N–H and O–H groups in total. The number of aromatic nitrogens is 4. The van der Waals surface area contributed by atoms with Crippen LogP contribution in [0.3, 0.4) is 0 Å². The second-order valence-corrected chi connectivity index (χ2v) is 3.82. The van der Waals surface area contributed by atoms with Gasteiger partial charge >= 0.3 is 0 Å². The molecule has 2 aromatic heterocycles. The molecule has 8 heteroatoms. The summed E-state index contributed by atoms with van der Waals surface area (Å²) in [4.78, 5) is 0. The molecule has 0 bridgehead atoms. The van der Waals surface area contributed by atoms with E-state index in [1.54, 1.807) is 0 Å². The third kappa shape index (κ3) is 2.58. The van der Waals surface area contributed by atoms with Gasteiger partial charge in [0.25, 0.3) is 5.22 Å². The lowest BCUT2D eigenvalue weighted by atomic mass is 10.5. The summed E-state index contributed by atoms with van der Waals surface area (Å²) >= 11 is 1.34. The van der Waals surface area contributed by atoms with Gasteiger partial charge in [-0.1, -0.05) is 18.7 Å². The first-order valence-corrected chi connectivity index (χ1v) is 5.77. The molecule has 0 aliphatic heterocycles. The number of hydrogen-bond donors (Lipinski definition) is 1. The summed E-state index contributed by atoms with van der Waals surface area (Å²) in [5.74, 6) is 2.11. The van der Waals surface area contributed by atoms with Gasteiger partial charge in [-0.05, 0) is 0 Å². The van der Waals surface area contributed by atoms with E-state index in [0.29, 0.717) is 28.6 Å². The van der Waals surface area contributed by atoms with Crippen LogP contribution in [0.4, 0.5) is 0 Å². The Morgan fingerprint density at radius 1 is 1.06 bits per heavy atom. The molecule has 16 heavy (non-hydrogen) atoms. The highest BCUT2D eigenvalue weighted by Crippen LogP contribution is 2.20. The second-order valence-electron chi connectivity index (χ2n) is 2.90. The second kappa shape index (κ2) is 5.08. The van der Waals surface area contributed by atoms with Gasteiger partial charge in [-0.25, -0.2) is 0 Å². The normalized spacial score (nSPS) is 10.9. The highest BCUT2D eigenvalue weighted by atomic mass is 32.2. The van der Waals surface area contributed by atoms with E-state index in [9.17, 15) is 0 Å². The summed E-state index contributed by atoms with van der Waals surface area (Å²) in [6, 6.07) is 0. The summed E-state index contributed by atoms with van der Waals surface area (Å²) in [5, 5.41) is 15.7. The van der Waals surface area contributed by atoms with Crippen LogP contribution in [0.25, 0.3) is 0 Å². The van der Waals surface area contributed by atoms with E-state index < -0.39 is 0 Å². The van der Waals surface area contributed by atoms with Crippen molar-refractivity contribution in [2.24, 2.45) is 5.73 Å². The summed E-state index contributed by atoms with van der Waals surface area (Å²) < 4.78 is 10.5. The fourth-order valence-corrected chi connectivity index (χ4v) is 1.61. The Morgan fingerprint density at radius 2 is 1.81 bits per heavy atom. The van der Waals surface area contributed by atoms with Crippen molar-refractivity contribution in [3.8, 4) is 0 Å². The molecule has 0 radical (unpaired) electrons. The molecule has 0 unspecified atom stereocenters. The molecule has 0 atom stereocenters. The number of thioether (sulfide) groups is 1. The van der Waals surface area contributed by atoms with Crippen LogP contribution in [-0.2, 0) is 18.7 Å². The van der Waals surface area contributed by atoms with Crippen LogP contribution in [-0.4, -0.2) is 20.4 Å². The summed E-state index contributed by atoms with van der Waals surface area (Å²) in [5.41, 5.74) is 5.35. The smallest absolute Gasteiger partial charge is 0.277 e. The standard InChI is InChI=1S/C8H11N5O2S/c1-2-5-10-12-7(14-5)4-16-8-13-11-6(3-9)15-8/h2-4,9H2,1H3. The van der Waals surface area contributed by atoms with Crippen LogP contribution < -0.4 is 5.73 Å². The lowest BCUT2D eigenvalue weighted by molar-refractivity contribution is 0.413. The van der Waals surface area contributed by atoms with Gasteiger partial charge in [-0.15, -0.1) is 20.4 Å². The monoisotopic (exact) mass is 241 g/mol. The van der Waals surface area contributed by atoms with Gasteiger partial charge < -0.3 is 14.6 Å². The summed E-state index contributed by atoms with van der Waals surface area (Å²) in [6.45, 7) is 2.20. The van der Waals surface area contributed by atoms with Gasteiger partial charge in [0, 0.05) is 6.42 Å². The maximum atomic E-state index is 5.35. The molecule has 0 fully saturated rings. The van der Waals surface area contributed by atoms with Gasteiger partial charge in [0.1, 0.15) is 0 Å². The lowest BCUT2D eigenvalue weighted by Gasteiger charge is -1.89. The van der Waals surface area contributed by atoms with E-state index >= 15 is 0 Å². The molecule has 0 spiro atoms. The Hall–Kier alpha value is -1.41. The lowest BCUT2D eigenvalue weighted by Crippen LogP contribution is -1.95. The predicted molar refractivity (Wildman–Crippen MR) is 55.4 cm³/mol. The maximum Gasteiger partial charge on any atom is 0.277 e. The third-order valence-corrected chi connectivity index (χ3v) is 2.56. The van der Waals surface area contributed by atoms with Crippen LogP contribution in [0, 0.1) is 0 Å². The van der Waals surface area contributed by atoms with Crippen molar-refractivity contribution in [2.75, 3.05) is 0 Å². The Kier molecular flexibility index (Phi) is 3.52. The zero-order chi connectivity index (χ0) is 11.4. The molecule has 0 aromatic carbocycles. The van der Waals surface area contributed by atoms with E-state index in [1.807, 2.05) is 6.92 Å². The van der Waals surface area contributed by atoms with Crippen molar-refractivity contribution in [3.05, 3.63) is 17.7 Å². The zero-order valence-corrected chi connectivity index (χ0v) is 9.53. The molecule has 0 amide bonds. The Balaban J connectivity index is 1.91. The van der Waals surface area contributed by atoms with Crippen LogP contribution in [0.15, 0.2) is 14.1 Å². The topological polar surface area (TPSA) is 104 Å². The Bertz CT molecular complexity index is 412. The van der Waals surface area contributed by atoms with E-state index in [2.05, 4.69) is 20.4 Å². The van der Waals surface area contributed by atoms with Gasteiger partial charge in [0.05, 0.1) is 12.3 Å². The van der Waals surface area contributed by atoms with Crippen molar-refractivity contribution in [1.29, 1.82) is 0 Å². The quantitative estimate of drug-likeness (QED) is 0.765. The fourth-order valence-electron chi connectivity index (χ4n) is 0.992. The molecule has 0 saturated heterocycles. The fraction of sp³-hybridized carbons (Fsp3) is 0.500. The van der Waals surface area contributed by atoms with Crippen molar-refractivity contribution in [1.82, 2.24) is 20.4 Å². The zero-order valence-electron chi connectivity index (χ0n) is 8.71. The Labute approximate surface area is 95.8 Å². The molecular formula is C8H11N5O2S. The van der Waals surface area contributed by atoms with Crippen molar-refractivity contribution in [3.63, 3.8) is 0 Å². The van der Waals surface area contributed by atoms with E-state index in [-0.39, 0.29) is 6.54 Å². The molecular weight excluding hydrogens is 230 g/mol. The molecule has 86 valence electrons. The van der Waals surface area contributed by atoms with Crippen LogP contribution >= 0.6 is 11.8 Å². The van der Waals surface area contributed by atoms with Crippen molar-refractivity contribution < 1.29 is 8.83 Å². The van der Waals surface area contributed by atoms with Gasteiger partial charge in [-0.2, -0.15) is 0 Å². The molecule has 2 heterocycles. The minimum absolute atomic E-state index is 0.244. The SMILES string of the molecule is CCc1nnc(CSc2nnc(CN)o2)o1. The average Bonchev–Trinajstić information content (AvgIpc) is 2.95. The molecule has 0 saturated carbocycles. The number of nitrogens with two attached hydrogens (primary N) is 1. The first kappa shape index (κ1) is 11.1. The van der Waals surface area contributed by atoms with Crippen molar-refractivity contribution in [2.45, 2.75) is 30.9 Å². The van der Waals surface area contributed by atoms with Crippen LogP contribution in [0.1, 0.15) is 24.6 Å². The van der Waals surface area contributed by atoms with Gasteiger partial charge in [-0.3, -0.25) is 0 Å². The summed E-state index contributed by atoms with van der Waals surface area (Å²) in [7, 11) is 0. The van der Waals surface area contributed by atoms with Gasteiger partial charge in [0.2, 0.25) is 17.7 Å². The number of aryl methyl sites for hydroxylation is 1. The maximum absolute atomic E-state index is 5.35. The van der Waals surface area contributed by atoms with E-state index in [1.165, 1.54) is 11.8 Å². The minimum Gasteiger partial charge on any atom is -0.424 e. The van der Waals surface area contributed by atoms with Crippen molar-refractivity contribution >= 4 is 11.8 Å². The highest BCUT2D eigenvalue weighted by Gasteiger charge is 2.09. The Morgan fingerprint density at radius 3 is 2.44 bits per heavy atom. The van der Waals surface area contributed by atoms with Crippen LogP contribution in [0.5, 0.6) is 0 Å². The molecule has 2 aromatic rings. The molecule has 7 nitrogen and oxygen atoms in total. The van der Waals surface area contributed by atoms with Gasteiger partial charge in [0.15, 0.2) is 0 Å². The number of nitrogens with zero attached hydrogens (tertiary/aromatic N) is 4. The average molecular weight is 241 g/mol. The number of hydrogen-bond acceptors (Lipinski definition) is 8. The van der Waals surface area contributed by atoms with E-state index in [4.69, 9.17) is 14.6 Å². The first-order chi connectivity index (χ1) is 7.81. The predicted octanol–water partition coefficient (Wildman–Crippen LogP) is 0.766. The summed E-state index contributed by atoms with van der Waals surface area (Å²) in [6.07, 6.45) is 0.732. The largest absolute Gasteiger partial charge is 0.424 e. The molecule has 2 rings (SSSR count). The van der Waals surface area contributed by atoms with E-state index in [0.717, 1.165) is 6.42 Å². The third-order valence-electron chi connectivity index (χ3n) is 1.75. The minimum atomic E-state index is 0.244. The van der Waals surface area contributed by atoms with Crippen LogP contribution in [0.2, 0.25) is 0 Å². The number of rotatable bonds is 5. The molecule has 0 aliphatic rings. The highest BCUT2D eigenvalue weighted by molar-refractivity contribution is 7.98.